The lowest BCUT2D eigenvalue weighted by atomic mass is 10.0. The number of nitrogens with one attached hydrogen (secondary N) is 1. The number of carbonyl (C=O) groups excluding carboxylic acids is 1. The maximum atomic E-state index is 14.5. The Balaban J connectivity index is 1.99. The van der Waals surface area contributed by atoms with E-state index in [1.807, 2.05) is 26.0 Å². The van der Waals surface area contributed by atoms with Gasteiger partial charge in [-0.1, -0.05) is 67.3 Å². The summed E-state index contributed by atoms with van der Waals surface area (Å²) in [6.45, 7) is 5.71. The number of unbranched alkanes of at least 4 members (excludes halogenated alkanes) is 1. The van der Waals surface area contributed by atoms with E-state index in [0.29, 0.717) is 24.0 Å². The Morgan fingerprint density at radius 2 is 1.81 bits per heavy atom. The number of benzene rings is 2. The summed E-state index contributed by atoms with van der Waals surface area (Å²) in [6, 6.07) is 11.7. The maximum absolute atomic E-state index is 14.5. The number of nitrogens with zero attached hydrogens (tertiary/aromatic N) is 1. The minimum absolute atomic E-state index is 0.0147. The van der Waals surface area contributed by atoms with Crippen molar-refractivity contribution < 1.29 is 19.1 Å². The second-order valence-corrected chi connectivity index (χ2v) is 9.77. The van der Waals surface area contributed by atoms with Crippen LogP contribution in [0.3, 0.4) is 0 Å². The highest BCUT2D eigenvalue weighted by molar-refractivity contribution is 6.31. The monoisotopic (exact) mass is 526 g/mol. The number of aryl methyl sites for hydroxylation is 2. The van der Waals surface area contributed by atoms with Crippen LogP contribution in [-0.4, -0.2) is 21.6 Å². The van der Waals surface area contributed by atoms with Crippen LogP contribution in [0.1, 0.15) is 72.5 Å². The SMILES string of the molecule is CCCC[C@@H](C(=O)N[C@@H](CC(=O)O)c1ccc(C)cc1)n1cc(C)cc(Cc2c(F)cccc2Cl)c1=O. The zero-order valence-corrected chi connectivity index (χ0v) is 22.0. The number of pyridine rings is 1. The van der Waals surface area contributed by atoms with Gasteiger partial charge in [-0.15, -0.1) is 0 Å². The predicted octanol–water partition coefficient (Wildman–Crippen LogP) is 5.91. The van der Waals surface area contributed by atoms with E-state index in [2.05, 4.69) is 5.32 Å². The molecule has 1 aromatic heterocycles. The van der Waals surface area contributed by atoms with E-state index in [1.165, 1.54) is 16.7 Å². The van der Waals surface area contributed by atoms with Gasteiger partial charge in [0.15, 0.2) is 0 Å². The summed E-state index contributed by atoms with van der Waals surface area (Å²) in [5.41, 5.74) is 2.54. The standard InChI is InChI=1S/C29H32ClFN2O4/c1-4-5-9-26(28(36)32-25(16-27(34)35)20-12-10-18(2)11-13-20)33-17-19(3)14-21(29(33)37)15-22-23(30)7-6-8-24(22)31/h6-8,10-14,17,25-26H,4-5,9,15-16H2,1-3H3,(H,32,36)(H,34,35)/t25-,26-/m0/s1. The Hall–Kier alpha value is -3.45. The first kappa shape index (κ1) is 28.1. The molecule has 37 heavy (non-hydrogen) atoms. The van der Waals surface area contributed by atoms with Crippen LogP contribution < -0.4 is 10.9 Å². The van der Waals surface area contributed by atoms with Crippen LogP contribution in [0.5, 0.6) is 0 Å². The molecule has 196 valence electrons. The Morgan fingerprint density at radius 3 is 2.43 bits per heavy atom. The van der Waals surface area contributed by atoms with E-state index in [9.17, 15) is 23.9 Å². The number of amides is 1. The fourth-order valence-corrected chi connectivity index (χ4v) is 4.58. The molecule has 0 radical (unpaired) electrons. The van der Waals surface area contributed by atoms with Crippen LogP contribution in [0.2, 0.25) is 5.02 Å². The topological polar surface area (TPSA) is 88.4 Å². The average molecular weight is 527 g/mol. The van der Waals surface area contributed by atoms with Crippen molar-refractivity contribution in [3.63, 3.8) is 0 Å². The van der Waals surface area contributed by atoms with Crippen LogP contribution in [0.25, 0.3) is 0 Å². The molecule has 0 saturated carbocycles. The molecule has 0 bridgehead atoms. The molecule has 0 aliphatic heterocycles. The van der Waals surface area contributed by atoms with Crippen molar-refractivity contribution >= 4 is 23.5 Å². The number of halogens is 2. The van der Waals surface area contributed by atoms with Crippen LogP contribution in [0.4, 0.5) is 4.39 Å². The zero-order chi connectivity index (χ0) is 27.1. The summed E-state index contributed by atoms with van der Waals surface area (Å²) < 4.78 is 15.8. The Kier molecular flexibility index (Phi) is 9.64. The van der Waals surface area contributed by atoms with E-state index in [-0.39, 0.29) is 23.4 Å². The van der Waals surface area contributed by atoms with Gasteiger partial charge in [-0.3, -0.25) is 14.4 Å². The van der Waals surface area contributed by atoms with Gasteiger partial charge in [0.2, 0.25) is 5.91 Å². The van der Waals surface area contributed by atoms with Crippen molar-refractivity contribution in [1.29, 1.82) is 0 Å². The van der Waals surface area contributed by atoms with Gasteiger partial charge in [-0.2, -0.15) is 0 Å². The maximum Gasteiger partial charge on any atom is 0.305 e. The largest absolute Gasteiger partial charge is 0.481 e. The van der Waals surface area contributed by atoms with Gasteiger partial charge in [0.05, 0.1) is 12.5 Å². The third-order valence-corrected chi connectivity index (χ3v) is 6.68. The molecule has 2 atom stereocenters. The molecule has 3 rings (SSSR count). The quantitative estimate of drug-likeness (QED) is 0.325. The Bertz CT molecular complexity index is 1300. The summed E-state index contributed by atoms with van der Waals surface area (Å²) in [7, 11) is 0. The second kappa shape index (κ2) is 12.7. The number of aliphatic carboxylic acids is 1. The lowest BCUT2D eigenvalue weighted by molar-refractivity contribution is -0.137. The number of carboxylic acids is 1. The summed E-state index contributed by atoms with van der Waals surface area (Å²) in [5, 5.41) is 12.6. The second-order valence-electron chi connectivity index (χ2n) is 9.36. The lowest BCUT2D eigenvalue weighted by Gasteiger charge is -2.25. The molecule has 8 heteroatoms. The number of hydrogen-bond acceptors (Lipinski definition) is 3. The summed E-state index contributed by atoms with van der Waals surface area (Å²) in [6.07, 6.45) is 3.18. The first-order valence-electron chi connectivity index (χ1n) is 12.3. The van der Waals surface area contributed by atoms with E-state index in [0.717, 1.165) is 17.5 Å². The van der Waals surface area contributed by atoms with Gasteiger partial charge in [-0.05, 0) is 49.6 Å². The molecule has 2 aromatic carbocycles. The van der Waals surface area contributed by atoms with E-state index >= 15 is 0 Å². The number of carboxylic acid groups (broad SMARTS) is 1. The van der Waals surface area contributed by atoms with Crippen molar-refractivity contribution in [3.05, 3.63) is 104 Å². The zero-order valence-electron chi connectivity index (χ0n) is 21.3. The predicted molar refractivity (Wildman–Crippen MR) is 143 cm³/mol. The first-order valence-corrected chi connectivity index (χ1v) is 12.7. The number of carbonyl (C=O) groups is 2. The molecule has 6 nitrogen and oxygen atoms in total. The number of rotatable bonds is 11. The highest BCUT2D eigenvalue weighted by Gasteiger charge is 2.27. The van der Waals surface area contributed by atoms with Crippen molar-refractivity contribution in [2.24, 2.45) is 0 Å². The fraction of sp³-hybridized carbons (Fsp3) is 0.345. The lowest BCUT2D eigenvalue weighted by Crippen LogP contribution is -2.40. The van der Waals surface area contributed by atoms with E-state index < -0.39 is 35.3 Å². The Morgan fingerprint density at radius 1 is 1.11 bits per heavy atom. The molecule has 0 spiro atoms. The molecule has 0 fully saturated rings. The van der Waals surface area contributed by atoms with E-state index in [4.69, 9.17) is 11.6 Å². The van der Waals surface area contributed by atoms with Crippen LogP contribution in [-0.2, 0) is 16.0 Å². The molecular formula is C29H32ClFN2O4. The Labute approximate surface area is 221 Å². The van der Waals surface area contributed by atoms with Gasteiger partial charge in [0, 0.05) is 28.8 Å². The van der Waals surface area contributed by atoms with Gasteiger partial charge < -0.3 is 15.0 Å². The number of aromatic nitrogens is 1. The highest BCUT2D eigenvalue weighted by atomic mass is 35.5. The smallest absolute Gasteiger partial charge is 0.305 e. The van der Waals surface area contributed by atoms with Crippen molar-refractivity contribution in [1.82, 2.24) is 9.88 Å². The van der Waals surface area contributed by atoms with Gasteiger partial charge in [0.1, 0.15) is 11.9 Å². The fourth-order valence-electron chi connectivity index (χ4n) is 4.35. The molecule has 0 saturated heterocycles. The molecule has 0 aliphatic rings. The third-order valence-electron chi connectivity index (χ3n) is 6.33. The van der Waals surface area contributed by atoms with Crippen molar-refractivity contribution in [2.45, 2.75) is 65.0 Å². The van der Waals surface area contributed by atoms with Crippen LogP contribution in [0, 0.1) is 19.7 Å². The first-order chi connectivity index (χ1) is 17.6. The molecule has 0 unspecified atom stereocenters. The average Bonchev–Trinajstić information content (AvgIpc) is 2.84. The van der Waals surface area contributed by atoms with Crippen molar-refractivity contribution in [2.75, 3.05) is 0 Å². The molecule has 1 heterocycles. The molecule has 3 aromatic rings. The summed E-state index contributed by atoms with van der Waals surface area (Å²) in [4.78, 5) is 38.7. The normalized spacial score (nSPS) is 12.7. The molecule has 2 N–H and O–H groups in total. The van der Waals surface area contributed by atoms with E-state index in [1.54, 1.807) is 37.4 Å². The highest BCUT2D eigenvalue weighted by Crippen LogP contribution is 2.24. The van der Waals surface area contributed by atoms with Crippen LogP contribution in [0.15, 0.2) is 59.5 Å². The summed E-state index contributed by atoms with van der Waals surface area (Å²) in [5.74, 6) is -1.99. The minimum Gasteiger partial charge on any atom is -0.481 e. The molecule has 0 aliphatic carbocycles. The summed E-state index contributed by atoms with van der Waals surface area (Å²) >= 11 is 6.20. The van der Waals surface area contributed by atoms with Gasteiger partial charge in [-0.25, -0.2) is 4.39 Å². The van der Waals surface area contributed by atoms with Crippen LogP contribution >= 0.6 is 11.6 Å². The molecular weight excluding hydrogens is 495 g/mol. The van der Waals surface area contributed by atoms with Gasteiger partial charge in [0.25, 0.3) is 5.56 Å². The van der Waals surface area contributed by atoms with Crippen molar-refractivity contribution in [3.8, 4) is 0 Å². The third kappa shape index (κ3) is 7.29. The minimum atomic E-state index is -1.05. The molecule has 1 amide bonds. The van der Waals surface area contributed by atoms with Gasteiger partial charge >= 0.3 is 5.97 Å². The number of hydrogen-bond donors (Lipinski definition) is 2.